The van der Waals surface area contributed by atoms with Crippen molar-refractivity contribution in [3.63, 3.8) is 0 Å². The molecule has 6 nitrogen and oxygen atoms in total. The fourth-order valence-corrected chi connectivity index (χ4v) is 3.57. The number of carbonyl (C=O) groups is 1. The van der Waals surface area contributed by atoms with E-state index in [1.54, 1.807) is 0 Å². The van der Waals surface area contributed by atoms with Gasteiger partial charge in [0.1, 0.15) is 11.5 Å². The monoisotopic (exact) mass is 450 g/mol. The smallest absolute Gasteiger partial charge is 0.272 e. The zero-order chi connectivity index (χ0) is 23.3. The molecule has 0 aliphatic carbocycles. The number of rotatable bonds is 4. The van der Waals surface area contributed by atoms with Crippen LogP contribution in [0, 0.1) is 17.5 Å². The number of fused-ring (bicyclic) bond motifs is 2. The predicted molar refractivity (Wildman–Crippen MR) is 106 cm³/mol. The van der Waals surface area contributed by atoms with Crippen LogP contribution in [-0.4, -0.2) is 33.0 Å². The van der Waals surface area contributed by atoms with Gasteiger partial charge in [-0.05, 0) is 37.3 Å². The van der Waals surface area contributed by atoms with Crippen LogP contribution in [0.4, 0.5) is 22.0 Å². The van der Waals surface area contributed by atoms with Crippen molar-refractivity contribution >= 4 is 27.6 Å². The first-order valence-corrected chi connectivity index (χ1v) is 9.33. The molecule has 4 rings (SSSR count). The Hall–Kier alpha value is -3.76. The van der Waals surface area contributed by atoms with E-state index in [-0.39, 0.29) is 33.1 Å². The zero-order valence-electron chi connectivity index (χ0n) is 16.6. The second-order valence-electron chi connectivity index (χ2n) is 7.28. The molecule has 0 aliphatic rings. The third-order valence-corrected chi connectivity index (χ3v) is 5.36. The summed E-state index contributed by atoms with van der Waals surface area (Å²) in [5, 5.41) is 5.93. The number of aromatic amines is 2. The summed E-state index contributed by atoms with van der Waals surface area (Å²) in [6.07, 6.45) is -2.95. The van der Waals surface area contributed by atoms with Crippen LogP contribution in [0.1, 0.15) is 41.1 Å². The minimum absolute atomic E-state index is 0.00374. The van der Waals surface area contributed by atoms with E-state index in [1.807, 2.05) is 0 Å². The maximum absolute atomic E-state index is 13.8. The molecule has 2 heterocycles. The summed E-state index contributed by atoms with van der Waals surface area (Å²) >= 11 is 0. The predicted octanol–water partition coefficient (Wildman–Crippen LogP) is 4.59. The average Bonchev–Trinajstić information content (AvgIpc) is 3.17. The van der Waals surface area contributed by atoms with Gasteiger partial charge in [0.15, 0.2) is 11.6 Å². The molecule has 166 valence electrons. The van der Waals surface area contributed by atoms with E-state index in [0.29, 0.717) is 6.07 Å². The largest absolute Gasteiger partial charge is 0.350 e. The minimum Gasteiger partial charge on any atom is -0.350 e. The Bertz CT molecular complexity index is 1430. The minimum atomic E-state index is -2.95. The molecule has 11 heteroatoms. The molecule has 1 atom stereocenters. The topological polar surface area (TPSA) is 81.8 Å². The van der Waals surface area contributed by atoms with Crippen LogP contribution in [0.25, 0.3) is 21.7 Å². The standard InChI is InChI=1S/C21H15F5N4O2/c1-8(18-11-5-14(23)15(24)6-13(11)20(31)29-28-18)30(2)21(32)17-7-10-12(19(25)26)3-9(22)4-16(10)27-17/h3-8,19,27H,1-2H3,(H,29,31)/t8-/m1/s1. The number of hydrogen-bond donors (Lipinski definition) is 2. The molecule has 0 spiro atoms. The fraction of sp³-hybridized carbons (Fsp3) is 0.190. The molecule has 0 fully saturated rings. The van der Waals surface area contributed by atoms with Crippen LogP contribution in [0.5, 0.6) is 0 Å². The number of hydrogen-bond acceptors (Lipinski definition) is 3. The van der Waals surface area contributed by atoms with Gasteiger partial charge < -0.3 is 9.88 Å². The van der Waals surface area contributed by atoms with E-state index in [4.69, 9.17) is 0 Å². The summed E-state index contributed by atoms with van der Waals surface area (Å²) in [4.78, 5) is 28.8. The second-order valence-corrected chi connectivity index (χ2v) is 7.28. The normalized spacial score (nSPS) is 12.6. The number of amides is 1. The van der Waals surface area contributed by atoms with Gasteiger partial charge in [-0.3, -0.25) is 9.59 Å². The van der Waals surface area contributed by atoms with Gasteiger partial charge in [0.05, 0.1) is 17.1 Å². The Morgan fingerprint density at radius 3 is 2.31 bits per heavy atom. The summed E-state index contributed by atoms with van der Waals surface area (Å²) in [5.41, 5.74) is -1.27. The van der Waals surface area contributed by atoms with Crippen molar-refractivity contribution < 1.29 is 26.7 Å². The summed E-state index contributed by atoms with van der Waals surface area (Å²) < 4.78 is 67.6. The molecule has 4 aromatic rings. The Balaban J connectivity index is 1.75. The highest BCUT2D eigenvalue weighted by Gasteiger charge is 2.26. The van der Waals surface area contributed by atoms with Crippen molar-refractivity contribution in [2.24, 2.45) is 0 Å². The van der Waals surface area contributed by atoms with Crippen molar-refractivity contribution in [3.05, 3.63) is 75.1 Å². The van der Waals surface area contributed by atoms with Gasteiger partial charge in [-0.15, -0.1) is 0 Å². The molecule has 1 amide bonds. The first-order chi connectivity index (χ1) is 15.1. The molecule has 32 heavy (non-hydrogen) atoms. The molecule has 2 N–H and O–H groups in total. The molecule has 0 unspecified atom stereocenters. The lowest BCUT2D eigenvalue weighted by molar-refractivity contribution is 0.0735. The molecule has 0 bridgehead atoms. The Morgan fingerprint density at radius 1 is 1.00 bits per heavy atom. The zero-order valence-corrected chi connectivity index (χ0v) is 16.6. The number of nitrogens with zero attached hydrogens (tertiary/aromatic N) is 2. The second kappa shape index (κ2) is 7.74. The summed E-state index contributed by atoms with van der Waals surface area (Å²) in [7, 11) is 1.38. The van der Waals surface area contributed by atoms with E-state index in [2.05, 4.69) is 15.2 Å². The number of halogens is 5. The maximum Gasteiger partial charge on any atom is 0.272 e. The third-order valence-electron chi connectivity index (χ3n) is 5.36. The molecular weight excluding hydrogens is 435 g/mol. The van der Waals surface area contributed by atoms with Crippen LogP contribution in [0.15, 0.2) is 35.1 Å². The highest BCUT2D eigenvalue weighted by Crippen LogP contribution is 2.31. The van der Waals surface area contributed by atoms with Crippen molar-refractivity contribution in [2.45, 2.75) is 19.4 Å². The number of nitrogens with one attached hydrogen (secondary N) is 2. The maximum atomic E-state index is 13.8. The molecule has 2 aromatic heterocycles. The highest BCUT2D eigenvalue weighted by atomic mass is 19.3. The van der Waals surface area contributed by atoms with Crippen LogP contribution >= 0.6 is 0 Å². The quantitative estimate of drug-likeness (QED) is 0.446. The summed E-state index contributed by atoms with van der Waals surface area (Å²) in [5.74, 6) is -3.94. The summed E-state index contributed by atoms with van der Waals surface area (Å²) in [6.45, 7) is 1.53. The number of aromatic nitrogens is 3. The fourth-order valence-electron chi connectivity index (χ4n) is 3.57. The Kier molecular flexibility index (Phi) is 5.19. The molecule has 0 saturated carbocycles. The van der Waals surface area contributed by atoms with Crippen molar-refractivity contribution in [2.75, 3.05) is 7.05 Å². The molecule has 2 aromatic carbocycles. The lowest BCUT2D eigenvalue weighted by Gasteiger charge is -2.24. The third kappa shape index (κ3) is 3.49. The van der Waals surface area contributed by atoms with Gasteiger partial charge in [0, 0.05) is 28.9 Å². The number of benzene rings is 2. The van der Waals surface area contributed by atoms with Gasteiger partial charge in [-0.25, -0.2) is 27.1 Å². The van der Waals surface area contributed by atoms with Gasteiger partial charge in [0.2, 0.25) is 0 Å². The lowest BCUT2D eigenvalue weighted by atomic mass is 10.1. The van der Waals surface area contributed by atoms with Crippen molar-refractivity contribution in [1.29, 1.82) is 0 Å². The van der Waals surface area contributed by atoms with Crippen LogP contribution in [0.2, 0.25) is 0 Å². The summed E-state index contributed by atoms with van der Waals surface area (Å²) in [6, 6.07) is 3.60. The van der Waals surface area contributed by atoms with Crippen LogP contribution < -0.4 is 5.56 Å². The lowest BCUT2D eigenvalue weighted by Crippen LogP contribution is -2.31. The SMILES string of the molecule is C[C@H](c1n[nH]c(=O)c2cc(F)c(F)cc12)N(C)C(=O)c1cc2c(C(F)F)cc(F)cc2[nH]1. The number of alkyl halides is 2. The molecule has 0 aliphatic heterocycles. The molecule has 0 radical (unpaired) electrons. The van der Waals surface area contributed by atoms with Gasteiger partial charge in [-0.1, -0.05) is 0 Å². The van der Waals surface area contributed by atoms with E-state index in [1.165, 1.54) is 24.9 Å². The van der Waals surface area contributed by atoms with Crippen molar-refractivity contribution in [1.82, 2.24) is 20.1 Å². The average molecular weight is 450 g/mol. The van der Waals surface area contributed by atoms with Crippen LogP contribution in [0.3, 0.4) is 0 Å². The molecule has 0 saturated heterocycles. The van der Waals surface area contributed by atoms with E-state index < -0.39 is 46.9 Å². The highest BCUT2D eigenvalue weighted by molar-refractivity contribution is 5.99. The molecular formula is C21H15F5N4O2. The van der Waals surface area contributed by atoms with E-state index in [0.717, 1.165) is 18.2 Å². The van der Waals surface area contributed by atoms with Crippen LogP contribution in [-0.2, 0) is 0 Å². The first kappa shape index (κ1) is 21.5. The first-order valence-electron chi connectivity index (χ1n) is 9.33. The van der Waals surface area contributed by atoms with Gasteiger partial charge >= 0.3 is 0 Å². The van der Waals surface area contributed by atoms with E-state index >= 15 is 0 Å². The number of H-pyrrole nitrogens is 2. The van der Waals surface area contributed by atoms with E-state index in [9.17, 15) is 31.5 Å². The Morgan fingerprint density at radius 2 is 1.66 bits per heavy atom. The van der Waals surface area contributed by atoms with Gasteiger partial charge in [-0.2, -0.15) is 5.10 Å². The number of carbonyl (C=O) groups excluding carboxylic acids is 1. The van der Waals surface area contributed by atoms with Gasteiger partial charge in [0.25, 0.3) is 17.9 Å². The Labute approximate surface area is 176 Å². The van der Waals surface area contributed by atoms with Crippen molar-refractivity contribution in [3.8, 4) is 0 Å².